The summed E-state index contributed by atoms with van der Waals surface area (Å²) in [4.78, 5) is 14.8. The monoisotopic (exact) mass is 337 g/mol. The molecule has 0 radical (unpaired) electrons. The number of nitrogens with zero attached hydrogens (tertiary/aromatic N) is 1. The van der Waals surface area contributed by atoms with Crippen molar-refractivity contribution in [1.29, 1.82) is 0 Å². The summed E-state index contributed by atoms with van der Waals surface area (Å²) in [5, 5.41) is 4.25. The molecule has 0 aromatic heterocycles. The molecular weight excluding hydrogens is 318 g/mol. The summed E-state index contributed by atoms with van der Waals surface area (Å²) in [6, 6.07) is 8.23. The SMILES string of the molecule is CC1=C(C(N)=O)S[C@H](c2ccc(Cl)cc2)N1C1CCCNC1. The van der Waals surface area contributed by atoms with Crippen LogP contribution < -0.4 is 11.1 Å². The molecule has 2 aliphatic heterocycles. The third kappa shape index (κ3) is 2.98. The van der Waals surface area contributed by atoms with Crippen LogP contribution >= 0.6 is 23.4 Å². The first-order valence-corrected chi connectivity index (χ1v) is 8.75. The number of thioether (sulfide) groups is 1. The predicted octanol–water partition coefficient (Wildman–Crippen LogP) is 2.86. The molecule has 6 heteroatoms. The van der Waals surface area contributed by atoms with E-state index < -0.39 is 0 Å². The second-order valence-electron chi connectivity index (χ2n) is 5.71. The Hall–Kier alpha value is -1.17. The number of hydrogen-bond donors (Lipinski definition) is 2. The van der Waals surface area contributed by atoms with E-state index in [-0.39, 0.29) is 11.3 Å². The molecule has 118 valence electrons. The van der Waals surface area contributed by atoms with Gasteiger partial charge in [0, 0.05) is 23.3 Å². The number of amides is 1. The lowest BCUT2D eigenvalue weighted by atomic mass is 10.0. The number of piperidine rings is 1. The maximum absolute atomic E-state index is 11.8. The highest BCUT2D eigenvalue weighted by Gasteiger charge is 2.38. The second kappa shape index (κ2) is 6.52. The zero-order valence-electron chi connectivity index (χ0n) is 12.5. The van der Waals surface area contributed by atoms with Crippen LogP contribution in [0.2, 0.25) is 5.02 Å². The normalized spacial score (nSPS) is 25.6. The fraction of sp³-hybridized carbons (Fsp3) is 0.438. The molecule has 3 rings (SSSR count). The Morgan fingerprint density at radius 3 is 2.73 bits per heavy atom. The molecule has 4 nitrogen and oxygen atoms in total. The van der Waals surface area contributed by atoms with Crippen LogP contribution in [0.1, 0.15) is 30.7 Å². The Labute approximate surface area is 140 Å². The molecule has 2 aliphatic rings. The molecule has 1 saturated heterocycles. The van der Waals surface area contributed by atoms with Gasteiger partial charge in [0.25, 0.3) is 5.91 Å². The van der Waals surface area contributed by atoms with Crippen molar-refractivity contribution in [3.8, 4) is 0 Å². The van der Waals surface area contributed by atoms with Gasteiger partial charge in [0.2, 0.25) is 0 Å². The zero-order chi connectivity index (χ0) is 15.7. The zero-order valence-corrected chi connectivity index (χ0v) is 14.1. The van der Waals surface area contributed by atoms with Crippen molar-refractivity contribution in [2.24, 2.45) is 5.73 Å². The van der Waals surface area contributed by atoms with Gasteiger partial charge in [-0.05, 0) is 44.0 Å². The minimum atomic E-state index is -0.340. The third-order valence-corrected chi connectivity index (χ3v) is 5.95. The molecule has 2 heterocycles. The molecule has 1 unspecified atom stereocenters. The molecule has 1 aromatic rings. The Morgan fingerprint density at radius 2 is 2.14 bits per heavy atom. The van der Waals surface area contributed by atoms with Crippen molar-refractivity contribution in [3.05, 3.63) is 45.5 Å². The number of hydrogen-bond acceptors (Lipinski definition) is 4. The van der Waals surface area contributed by atoms with E-state index in [9.17, 15) is 4.79 Å². The number of primary amides is 1. The first kappa shape index (κ1) is 15.7. The average Bonchev–Trinajstić information content (AvgIpc) is 2.86. The van der Waals surface area contributed by atoms with Crippen molar-refractivity contribution in [2.75, 3.05) is 13.1 Å². The number of benzene rings is 1. The van der Waals surface area contributed by atoms with Crippen LogP contribution in [-0.4, -0.2) is 29.9 Å². The van der Waals surface area contributed by atoms with Crippen LogP contribution in [0.15, 0.2) is 34.9 Å². The van der Waals surface area contributed by atoms with Crippen molar-refractivity contribution in [1.82, 2.24) is 10.2 Å². The Balaban J connectivity index is 1.94. The van der Waals surface area contributed by atoms with E-state index in [1.165, 1.54) is 0 Å². The Morgan fingerprint density at radius 1 is 1.41 bits per heavy atom. The number of nitrogens with one attached hydrogen (secondary N) is 1. The Bertz CT molecular complexity index is 596. The van der Waals surface area contributed by atoms with E-state index >= 15 is 0 Å². The summed E-state index contributed by atoms with van der Waals surface area (Å²) in [7, 11) is 0. The molecule has 0 bridgehead atoms. The topological polar surface area (TPSA) is 58.4 Å². The largest absolute Gasteiger partial charge is 0.365 e. The van der Waals surface area contributed by atoms with Gasteiger partial charge in [-0.1, -0.05) is 35.5 Å². The molecular formula is C16H20ClN3OS. The van der Waals surface area contributed by atoms with Gasteiger partial charge in [0.15, 0.2) is 0 Å². The number of carbonyl (C=O) groups excluding carboxylic acids is 1. The summed E-state index contributed by atoms with van der Waals surface area (Å²) in [6.07, 6.45) is 2.28. The fourth-order valence-electron chi connectivity index (χ4n) is 3.18. The van der Waals surface area contributed by atoms with E-state index in [2.05, 4.69) is 10.2 Å². The van der Waals surface area contributed by atoms with Gasteiger partial charge < -0.3 is 16.0 Å². The van der Waals surface area contributed by atoms with E-state index in [0.29, 0.717) is 10.9 Å². The van der Waals surface area contributed by atoms with Crippen LogP contribution in [0, 0.1) is 0 Å². The second-order valence-corrected chi connectivity index (χ2v) is 7.23. The maximum atomic E-state index is 11.8. The van der Waals surface area contributed by atoms with E-state index in [0.717, 1.165) is 42.2 Å². The van der Waals surface area contributed by atoms with Gasteiger partial charge in [-0.15, -0.1) is 0 Å². The van der Waals surface area contributed by atoms with Crippen LogP contribution in [0.4, 0.5) is 0 Å². The molecule has 1 aromatic carbocycles. The van der Waals surface area contributed by atoms with Crippen molar-refractivity contribution in [3.63, 3.8) is 0 Å². The molecule has 0 spiro atoms. The lowest BCUT2D eigenvalue weighted by Crippen LogP contribution is -2.44. The summed E-state index contributed by atoms with van der Waals surface area (Å²) < 4.78 is 0. The highest BCUT2D eigenvalue weighted by molar-refractivity contribution is 8.04. The number of halogens is 1. The minimum absolute atomic E-state index is 0.0877. The highest BCUT2D eigenvalue weighted by Crippen LogP contribution is 2.49. The molecule has 3 N–H and O–H groups in total. The fourth-order valence-corrected chi connectivity index (χ4v) is 4.65. The highest BCUT2D eigenvalue weighted by atomic mass is 35.5. The van der Waals surface area contributed by atoms with E-state index in [4.69, 9.17) is 17.3 Å². The quantitative estimate of drug-likeness (QED) is 0.890. The van der Waals surface area contributed by atoms with Crippen LogP contribution in [0.3, 0.4) is 0 Å². The van der Waals surface area contributed by atoms with Gasteiger partial charge in [-0.3, -0.25) is 4.79 Å². The van der Waals surface area contributed by atoms with Gasteiger partial charge in [-0.2, -0.15) is 0 Å². The van der Waals surface area contributed by atoms with Gasteiger partial charge in [0.1, 0.15) is 5.37 Å². The first-order valence-electron chi connectivity index (χ1n) is 7.50. The summed E-state index contributed by atoms with van der Waals surface area (Å²) in [5.74, 6) is -0.340. The van der Waals surface area contributed by atoms with Crippen molar-refractivity contribution in [2.45, 2.75) is 31.2 Å². The van der Waals surface area contributed by atoms with Gasteiger partial charge in [-0.25, -0.2) is 0 Å². The predicted molar refractivity (Wildman–Crippen MR) is 91.4 cm³/mol. The minimum Gasteiger partial charge on any atom is -0.365 e. The average molecular weight is 338 g/mol. The van der Waals surface area contributed by atoms with E-state index in [1.807, 2.05) is 31.2 Å². The first-order chi connectivity index (χ1) is 10.6. The number of nitrogens with two attached hydrogens (primary N) is 1. The standard InChI is InChI=1S/C16H20ClN3OS/c1-10-14(15(18)21)22-16(11-4-6-12(17)7-5-11)20(10)13-3-2-8-19-9-13/h4-7,13,16,19H,2-3,8-9H2,1H3,(H2,18,21)/t13?,16-/m1/s1. The smallest absolute Gasteiger partial charge is 0.256 e. The molecule has 2 atom stereocenters. The molecule has 22 heavy (non-hydrogen) atoms. The van der Waals surface area contributed by atoms with Crippen molar-refractivity contribution >= 4 is 29.3 Å². The van der Waals surface area contributed by atoms with Crippen LogP contribution in [-0.2, 0) is 4.79 Å². The molecule has 1 amide bonds. The van der Waals surface area contributed by atoms with Crippen LogP contribution in [0.25, 0.3) is 0 Å². The Kier molecular flexibility index (Phi) is 4.66. The number of allylic oxidation sites excluding steroid dienone is 1. The number of carbonyl (C=O) groups is 1. The maximum Gasteiger partial charge on any atom is 0.256 e. The summed E-state index contributed by atoms with van der Waals surface area (Å²) in [6.45, 7) is 4.00. The molecule has 1 fully saturated rings. The molecule has 0 aliphatic carbocycles. The summed E-state index contributed by atoms with van der Waals surface area (Å²) in [5.41, 5.74) is 7.70. The molecule has 0 saturated carbocycles. The van der Waals surface area contributed by atoms with E-state index in [1.54, 1.807) is 11.8 Å². The summed E-state index contributed by atoms with van der Waals surface area (Å²) >= 11 is 7.54. The van der Waals surface area contributed by atoms with Gasteiger partial charge >= 0.3 is 0 Å². The van der Waals surface area contributed by atoms with Crippen LogP contribution in [0.5, 0.6) is 0 Å². The third-order valence-electron chi connectivity index (χ3n) is 4.24. The number of rotatable bonds is 3. The lowest BCUT2D eigenvalue weighted by molar-refractivity contribution is -0.114. The van der Waals surface area contributed by atoms with Gasteiger partial charge in [0.05, 0.1) is 4.91 Å². The lowest BCUT2D eigenvalue weighted by Gasteiger charge is -2.38. The van der Waals surface area contributed by atoms with Crippen molar-refractivity contribution < 1.29 is 4.79 Å².